The van der Waals surface area contributed by atoms with Crippen LogP contribution in [0, 0.1) is 0 Å². The molecule has 0 bridgehead atoms. The van der Waals surface area contributed by atoms with Gasteiger partial charge in [-0.25, -0.2) is 0 Å². The molecule has 4 nitrogen and oxygen atoms in total. The molecule has 0 saturated heterocycles. The van der Waals surface area contributed by atoms with Crippen molar-refractivity contribution in [2.75, 3.05) is 13.2 Å². The summed E-state index contributed by atoms with van der Waals surface area (Å²) in [5.41, 5.74) is 0.520. The SMILES string of the molecule is O=C(CC(=O)c1ccccc1)OCCCOc1ccccc1. The van der Waals surface area contributed by atoms with E-state index in [4.69, 9.17) is 9.47 Å². The molecule has 0 unspecified atom stereocenters. The Morgan fingerprint density at radius 1 is 0.818 bits per heavy atom. The highest BCUT2D eigenvalue weighted by Gasteiger charge is 2.12. The zero-order valence-electron chi connectivity index (χ0n) is 12.2. The van der Waals surface area contributed by atoms with Crippen LogP contribution in [0.4, 0.5) is 0 Å². The van der Waals surface area contributed by atoms with Crippen LogP contribution < -0.4 is 4.74 Å². The second kappa shape index (κ2) is 8.62. The van der Waals surface area contributed by atoms with E-state index < -0.39 is 5.97 Å². The van der Waals surface area contributed by atoms with Gasteiger partial charge in [-0.1, -0.05) is 48.5 Å². The van der Waals surface area contributed by atoms with E-state index in [0.29, 0.717) is 18.6 Å². The molecule has 0 N–H and O–H groups in total. The van der Waals surface area contributed by atoms with Crippen molar-refractivity contribution in [1.82, 2.24) is 0 Å². The zero-order chi connectivity index (χ0) is 15.6. The van der Waals surface area contributed by atoms with Crippen molar-refractivity contribution in [2.24, 2.45) is 0 Å². The maximum Gasteiger partial charge on any atom is 0.313 e. The van der Waals surface area contributed by atoms with Gasteiger partial charge in [-0.2, -0.15) is 0 Å². The Morgan fingerprint density at radius 3 is 2.14 bits per heavy atom. The summed E-state index contributed by atoms with van der Waals surface area (Å²) in [6, 6.07) is 18.1. The highest BCUT2D eigenvalue weighted by molar-refractivity contribution is 6.05. The van der Waals surface area contributed by atoms with E-state index >= 15 is 0 Å². The van der Waals surface area contributed by atoms with Gasteiger partial charge >= 0.3 is 5.97 Å². The summed E-state index contributed by atoms with van der Waals surface area (Å²) in [4.78, 5) is 23.4. The molecule has 0 saturated carbocycles. The summed E-state index contributed by atoms with van der Waals surface area (Å²) in [6.45, 7) is 0.706. The largest absolute Gasteiger partial charge is 0.493 e. The standard InChI is InChI=1S/C18H18O4/c19-17(15-8-3-1-4-9-15)14-18(20)22-13-7-12-21-16-10-5-2-6-11-16/h1-6,8-11H,7,12-14H2. The number of ketones is 1. The number of hydrogen-bond donors (Lipinski definition) is 0. The first-order chi connectivity index (χ1) is 10.8. The molecule has 4 heteroatoms. The second-order valence-electron chi connectivity index (χ2n) is 4.70. The van der Waals surface area contributed by atoms with Gasteiger partial charge in [0, 0.05) is 12.0 Å². The van der Waals surface area contributed by atoms with E-state index in [1.54, 1.807) is 24.3 Å². The predicted molar refractivity (Wildman–Crippen MR) is 82.9 cm³/mol. The van der Waals surface area contributed by atoms with Crippen molar-refractivity contribution in [3.8, 4) is 5.75 Å². The Hall–Kier alpha value is -2.62. The quantitative estimate of drug-likeness (QED) is 0.325. The average molecular weight is 298 g/mol. The van der Waals surface area contributed by atoms with Crippen LogP contribution in [0.5, 0.6) is 5.75 Å². The molecule has 0 aliphatic rings. The van der Waals surface area contributed by atoms with Crippen molar-refractivity contribution in [1.29, 1.82) is 0 Å². The van der Waals surface area contributed by atoms with Crippen molar-refractivity contribution >= 4 is 11.8 Å². The molecule has 0 fully saturated rings. The van der Waals surface area contributed by atoms with E-state index in [-0.39, 0.29) is 18.8 Å². The lowest BCUT2D eigenvalue weighted by atomic mass is 10.1. The summed E-state index contributed by atoms with van der Waals surface area (Å²) in [6.07, 6.45) is 0.351. The monoisotopic (exact) mass is 298 g/mol. The van der Waals surface area contributed by atoms with Crippen LogP contribution in [0.15, 0.2) is 60.7 Å². The number of para-hydroxylation sites is 1. The van der Waals surface area contributed by atoms with E-state index in [0.717, 1.165) is 5.75 Å². The summed E-state index contributed by atoms with van der Waals surface area (Å²) in [5.74, 6) is 0.0489. The minimum Gasteiger partial charge on any atom is -0.493 e. The van der Waals surface area contributed by atoms with Gasteiger partial charge in [0.15, 0.2) is 5.78 Å². The van der Waals surface area contributed by atoms with Crippen LogP contribution in [-0.4, -0.2) is 25.0 Å². The molecule has 0 aliphatic heterocycles. The summed E-state index contributed by atoms with van der Waals surface area (Å²) in [7, 11) is 0. The van der Waals surface area contributed by atoms with Gasteiger partial charge in [0.1, 0.15) is 12.2 Å². The van der Waals surface area contributed by atoms with Crippen LogP contribution in [0.25, 0.3) is 0 Å². The molecule has 2 aromatic carbocycles. The number of ether oxygens (including phenoxy) is 2. The van der Waals surface area contributed by atoms with Gasteiger partial charge in [-0.3, -0.25) is 9.59 Å². The molecule has 2 aromatic rings. The fourth-order valence-corrected chi connectivity index (χ4v) is 1.86. The molecular formula is C18H18O4. The highest BCUT2D eigenvalue weighted by Crippen LogP contribution is 2.08. The minimum absolute atomic E-state index is 0.230. The number of esters is 1. The van der Waals surface area contributed by atoms with Gasteiger partial charge in [0.2, 0.25) is 0 Å². The summed E-state index contributed by atoms with van der Waals surface area (Å²) in [5, 5.41) is 0. The molecule has 0 amide bonds. The molecular weight excluding hydrogens is 280 g/mol. The molecule has 114 valence electrons. The van der Waals surface area contributed by atoms with Crippen molar-refractivity contribution in [3.63, 3.8) is 0 Å². The van der Waals surface area contributed by atoms with Gasteiger partial charge in [0.05, 0.1) is 13.2 Å². The van der Waals surface area contributed by atoms with E-state index in [9.17, 15) is 9.59 Å². The van der Waals surface area contributed by atoms with Gasteiger partial charge < -0.3 is 9.47 Å². The summed E-state index contributed by atoms with van der Waals surface area (Å²) >= 11 is 0. The Labute approximate surface area is 129 Å². The molecule has 2 rings (SSSR count). The highest BCUT2D eigenvalue weighted by atomic mass is 16.5. The Morgan fingerprint density at radius 2 is 1.45 bits per heavy atom. The lowest BCUT2D eigenvalue weighted by molar-refractivity contribution is -0.142. The number of carbonyl (C=O) groups excluding carboxylic acids is 2. The first-order valence-corrected chi connectivity index (χ1v) is 7.17. The third-order valence-corrected chi connectivity index (χ3v) is 2.96. The number of benzene rings is 2. The molecule has 0 aromatic heterocycles. The first kappa shape index (κ1) is 15.8. The molecule has 0 heterocycles. The Kier molecular flexibility index (Phi) is 6.18. The maximum atomic E-state index is 11.8. The average Bonchev–Trinajstić information content (AvgIpc) is 2.56. The zero-order valence-corrected chi connectivity index (χ0v) is 12.2. The van der Waals surface area contributed by atoms with E-state index in [1.165, 1.54) is 0 Å². The smallest absolute Gasteiger partial charge is 0.313 e. The number of carbonyl (C=O) groups is 2. The molecule has 0 spiro atoms. The van der Waals surface area contributed by atoms with E-state index in [2.05, 4.69) is 0 Å². The van der Waals surface area contributed by atoms with Crippen LogP contribution in [-0.2, 0) is 9.53 Å². The van der Waals surface area contributed by atoms with Gasteiger partial charge in [-0.05, 0) is 12.1 Å². The van der Waals surface area contributed by atoms with Crippen LogP contribution in [0.2, 0.25) is 0 Å². The van der Waals surface area contributed by atoms with Crippen LogP contribution >= 0.6 is 0 Å². The molecule has 22 heavy (non-hydrogen) atoms. The maximum absolute atomic E-state index is 11.8. The number of hydrogen-bond acceptors (Lipinski definition) is 4. The topological polar surface area (TPSA) is 52.6 Å². The third kappa shape index (κ3) is 5.40. The van der Waals surface area contributed by atoms with Crippen LogP contribution in [0.1, 0.15) is 23.2 Å². The van der Waals surface area contributed by atoms with Crippen molar-refractivity contribution < 1.29 is 19.1 Å². The third-order valence-electron chi connectivity index (χ3n) is 2.96. The second-order valence-corrected chi connectivity index (χ2v) is 4.70. The molecule has 0 atom stereocenters. The number of Topliss-reactive ketones (excluding diaryl/α,β-unsaturated/α-hetero) is 1. The van der Waals surface area contributed by atoms with Gasteiger partial charge in [-0.15, -0.1) is 0 Å². The fourth-order valence-electron chi connectivity index (χ4n) is 1.86. The Balaban J connectivity index is 1.61. The minimum atomic E-state index is -0.506. The first-order valence-electron chi connectivity index (χ1n) is 7.17. The fraction of sp³-hybridized carbons (Fsp3) is 0.222. The predicted octanol–water partition coefficient (Wildman–Crippen LogP) is 3.27. The summed E-state index contributed by atoms with van der Waals surface area (Å²) < 4.78 is 10.5. The van der Waals surface area contributed by atoms with Gasteiger partial charge in [0.25, 0.3) is 0 Å². The van der Waals surface area contributed by atoms with E-state index in [1.807, 2.05) is 36.4 Å². The lowest BCUT2D eigenvalue weighted by Crippen LogP contribution is -2.13. The van der Waals surface area contributed by atoms with Crippen molar-refractivity contribution in [2.45, 2.75) is 12.8 Å². The van der Waals surface area contributed by atoms with Crippen LogP contribution in [0.3, 0.4) is 0 Å². The Bertz CT molecular complexity index is 593. The lowest BCUT2D eigenvalue weighted by Gasteiger charge is -2.07. The normalized spacial score (nSPS) is 10.0. The molecule has 0 radical (unpaired) electrons. The number of rotatable bonds is 8. The van der Waals surface area contributed by atoms with Crippen molar-refractivity contribution in [3.05, 3.63) is 66.2 Å². The molecule has 0 aliphatic carbocycles.